The number of benzene rings is 1. The van der Waals surface area contributed by atoms with Crippen LogP contribution in [0.4, 0.5) is 5.69 Å². The molecule has 102 valence electrons. The topological polar surface area (TPSA) is 51.2 Å². The van der Waals surface area contributed by atoms with Gasteiger partial charge in [0.15, 0.2) is 0 Å². The summed E-state index contributed by atoms with van der Waals surface area (Å²) in [5.74, 6) is -0.0943. The van der Waals surface area contributed by atoms with Crippen LogP contribution in [0.15, 0.2) is 36.7 Å². The summed E-state index contributed by atoms with van der Waals surface area (Å²) >= 11 is 0. The third-order valence-corrected chi connectivity index (χ3v) is 3.51. The number of aromatic nitrogens is 1. The predicted octanol–water partition coefficient (Wildman–Crippen LogP) is 2.93. The Kier molecular flexibility index (Phi) is 3.48. The van der Waals surface area contributed by atoms with E-state index in [1.165, 1.54) is 5.56 Å². The van der Waals surface area contributed by atoms with E-state index in [2.05, 4.69) is 10.3 Å². The molecule has 1 amide bonds. The lowest BCUT2D eigenvalue weighted by atomic mass is 10.1. The molecule has 0 bridgehead atoms. The Morgan fingerprint density at radius 3 is 3.00 bits per heavy atom. The van der Waals surface area contributed by atoms with Gasteiger partial charge < -0.3 is 10.1 Å². The van der Waals surface area contributed by atoms with E-state index < -0.39 is 0 Å². The molecule has 0 spiro atoms. The zero-order valence-electron chi connectivity index (χ0n) is 11.3. The summed E-state index contributed by atoms with van der Waals surface area (Å²) in [6.07, 6.45) is 4.17. The molecule has 0 unspecified atom stereocenters. The summed E-state index contributed by atoms with van der Waals surface area (Å²) in [7, 11) is 0. The average Bonchev–Trinajstić information content (AvgIpc) is 2.94. The molecule has 0 atom stereocenters. The Morgan fingerprint density at radius 2 is 2.15 bits per heavy atom. The zero-order chi connectivity index (χ0) is 13.9. The van der Waals surface area contributed by atoms with Crippen LogP contribution in [-0.2, 0) is 24.4 Å². The average molecular weight is 268 g/mol. The van der Waals surface area contributed by atoms with Gasteiger partial charge in [-0.15, -0.1) is 0 Å². The largest absolute Gasteiger partial charge is 0.372 e. The summed E-state index contributed by atoms with van der Waals surface area (Å²) in [5, 5.41) is 2.94. The maximum atomic E-state index is 12.3. The first-order valence-corrected chi connectivity index (χ1v) is 6.71. The number of rotatable bonds is 3. The fourth-order valence-corrected chi connectivity index (χ4v) is 2.38. The Labute approximate surface area is 117 Å². The Bertz CT molecular complexity index is 653. The van der Waals surface area contributed by atoms with Crippen molar-refractivity contribution in [3.05, 3.63) is 58.9 Å². The molecule has 20 heavy (non-hydrogen) atoms. The summed E-state index contributed by atoms with van der Waals surface area (Å²) in [4.78, 5) is 16.4. The van der Waals surface area contributed by atoms with Gasteiger partial charge >= 0.3 is 0 Å². The van der Waals surface area contributed by atoms with Gasteiger partial charge in [-0.3, -0.25) is 9.78 Å². The third-order valence-electron chi connectivity index (χ3n) is 3.51. The second-order valence-corrected chi connectivity index (χ2v) is 4.82. The van der Waals surface area contributed by atoms with Crippen LogP contribution in [-0.4, -0.2) is 10.9 Å². The van der Waals surface area contributed by atoms with Gasteiger partial charge in [0.05, 0.1) is 13.2 Å². The molecule has 0 saturated heterocycles. The fourth-order valence-electron chi connectivity index (χ4n) is 2.38. The van der Waals surface area contributed by atoms with E-state index in [1.807, 2.05) is 25.1 Å². The third kappa shape index (κ3) is 2.42. The van der Waals surface area contributed by atoms with E-state index in [1.54, 1.807) is 18.5 Å². The van der Waals surface area contributed by atoms with Crippen molar-refractivity contribution in [2.24, 2.45) is 0 Å². The fraction of sp³-hybridized carbons (Fsp3) is 0.250. The lowest BCUT2D eigenvalue weighted by Crippen LogP contribution is -2.14. The highest BCUT2D eigenvalue weighted by Gasteiger charge is 2.14. The van der Waals surface area contributed by atoms with E-state index in [-0.39, 0.29) is 5.91 Å². The van der Waals surface area contributed by atoms with Gasteiger partial charge in [0, 0.05) is 23.6 Å². The second-order valence-electron chi connectivity index (χ2n) is 4.82. The molecular weight excluding hydrogens is 252 g/mol. The maximum absolute atomic E-state index is 12.3. The molecule has 1 aliphatic heterocycles. The van der Waals surface area contributed by atoms with Gasteiger partial charge in [-0.1, -0.05) is 13.0 Å². The molecule has 3 rings (SSSR count). The molecule has 2 heterocycles. The molecule has 1 aromatic heterocycles. The summed E-state index contributed by atoms with van der Waals surface area (Å²) < 4.78 is 5.38. The van der Waals surface area contributed by atoms with Crippen molar-refractivity contribution in [1.29, 1.82) is 0 Å². The number of anilines is 1. The quantitative estimate of drug-likeness (QED) is 0.931. The number of ether oxygens (including phenoxy) is 1. The van der Waals surface area contributed by atoms with Crippen LogP contribution < -0.4 is 5.32 Å². The minimum atomic E-state index is -0.0943. The highest BCUT2D eigenvalue weighted by atomic mass is 16.5. The first kappa shape index (κ1) is 12.8. The lowest BCUT2D eigenvalue weighted by Gasteiger charge is -2.09. The number of hydrogen-bond donors (Lipinski definition) is 1. The second kappa shape index (κ2) is 5.43. The first-order chi connectivity index (χ1) is 9.78. The predicted molar refractivity (Wildman–Crippen MR) is 76.5 cm³/mol. The van der Waals surface area contributed by atoms with Crippen molar-refractivity contribution in [2.45, 2.75) is 26.6 Å². The van der Waals surface area contributed by atoms with E-state index in [0.717, 1.165) is 23.2 Å². The molecule has 4 nitrogen and oxygen atoms in total. The number of carbonyl (C=O) groups excluding carboxylic acids is 1. The van der Waals surface area contributed by atoms with Crippen LogP contribution in [0.2, 0.25) is 0 Å². The molecule has 4 heteroatoms. The molecule has 0 aliphatic carbocycles. The van der Waals surface area contributed by atoms with Crippen molar-refractivity contribution < 1.29 is 9.53 Å². The standard InChI is InChI=1S/C16H16N2O2/c1-2-11-8-17-6-5-15(11)16(19)18-14-4-3-12-9-20-10-13(12)7-14/h3-8H,2,9-10H2,1H3,(H,18,19). The van der Waals surface area contributed by atoms with Gasteiger partial charge in [-0.05, 0) is 41.3 Å². The highest BCUT2D eigenvalue weighted by molar-refractivity contribution is 6.05. The van der Waals surface area contributed by atoms with Crippen molar-refractivity contribution in [3.8, 4) is 0 Å². The molecule has 0 saturated carbocycles. The van der Waals surface area contributed by atoms with Gasteiger partial charge in [-0.25, -0.2) is 0 Å². The van der Waals surface area contributed by atoms with Crippen molar-refractivity contribution in [3.63, 3.8) is 0 Å². The maximum Gasteiger partial charge on any atom is 0.256 e. The summed E-state index contributed by atoms with van der Waals surface area (Å²) in [6.45, 7) is 3.29. The molecule has 0 radical (unpaired) electrons. The first-order valence-electron chi connectivity index (χ1n) is 6.71. The van der Waals surface area contributed by atoms with Crippen LogP contribution >= 0.6 is 0 Å². The van der Waals surface area contributed by atoms with E-state index in [0.29, 0.717) is 18.8 Å². The smallest absolute Gasteiger partial charge is 0.256 e. The van der Waals surface area contributed by atoms with Gasteiger partial charge in [0.1, 0.15) is 0 Å². The van der Waals surface area contributed by atoms with Crippen LogP contribution in [0.25, 0.3) is 0 Å². The zero-order valence-corrected chi connectivity index (χ0v) is 11.3. The molecule has 1 aliphatic rings. The summed E-state index contributed by atoms with van der Waals surface area (Å²) in [6, 6.07) is 7.65. The number of carbonyl (C=O) groups is 1. The number of fused-ring (bicyclic) bond motifs is 1. The normalized spacial score (nSPS) is 13.1. The Morgan fingerprint density at radius 1 is 1.30 bits per heavy atom. The number of aryl methyl sites for hydroxylation is 1. The number of amides is 1. The van der Waals surface area contributed by atoms with Crippen LogP contribution in [0.5, 0.6) is 0 Å². The van der Waals surface area contributed by atoms with Crippen molar-refractivity contribution >= 4 is 11.6 Å². The van der Waals surface area contributed by atoms with Crippen LogP contribution in [0, 0.1) is 0 Å². The number of hydrogen-bond acceptors (Lipinski definition) is 3. The minimum Gasteiger partial charge on any atom is -0.372 e. The van der Waals surface area contributed by atoms with Gasteiger partial charge in [0.2, 0.25) is 0 Å². The van der Waals surface area contributed by atoms with Crippen molar-refractivity contribution in [2.75, 3.05) is 5.32 Å². The van der Waals surface area contributed by atoms with E-state index >= 15 is 0 Å². The van der Waals surface area contributed by atoms with E-state index in [9.17, 15) is 4.79 Å². The number of nitrogens with zero attached hydrogens (tertiary/aromatic N) is 1. The molecule has 0 fully saturated rings. The molecular formula is C16H16N2O2. The SMILES string of the molecule is CCc1cnccc1C(=O)Nc1ccc2c(c1)COC2. The number of nitrogens with one attached hydrogen (secondary N) is 1. The van der Waals surface area contributed by atoms with Gasteiger partial charge in [0.25, 0.3) is 5.91 Å². The summed E-state index contributed by atoms with van der Waals surface area (Å²) in [5.41, 5.74) is 4.78. The van der Waals surface area contributed by atoms with Crippen molar-refractivity contribution in [1.82, 2.24) is 4.98 Å². The Balaban J connectivity index is 1.82. The van der Waals surface area contributed by atoms with Gasteiger partial charge in [-0.2, -0.15) is 0 Å². The van der Waals surface area contributed by atoms with Crippen LogP contribution in [0.1, 0.15) is 34.0 Å². The number of pyridine rings is 1. The minimum absolute atomic E-state index is 0.0943. The molecule has 1 aromatic carbocycles. The molecule has 1 N–H and O–H groups in total. The van der Waals surface area contributed by atoms with Crippen LogP contribution in [0.3, 0.4) is 0 Å². The highest BCUT2D eigenvalue weighted by Crippen LogP contribution is 2.23. The van der Waals surface area contributed by atoms with E-state index in [4.69, 9.17) is 4.74 Å². The lowest BCUT2D eigenvalue weighted by molar-refractivity contribution is 0.102. The monoisotopic (exact) mass is 268 g/mol. The Hall–Kier alpha value is -2.20. The molecule has 2 aromatic rings.